The molecule has 1 N–H and O–H groups in total. The first-order valence-corrected chi connectivity index (χ1v) is 6.55. The minimum absolute atomic E-state index is 0.250. The molecule has 0 amide bonds. The van der Waals surface area contributed by atoms with Crippen LogP contribution in [-0.2, 0) is 0 Å². The van der Waals surface area contributed by atoms with E-state index in [0.29, 0.717) is 11.0 Å². The summed E-state index contributed by atoms with van der Waals surface area (Å²) in [5.74, 6) is -0.953. The fourth-order valence-corrected chi connectivity index (χ4v) is 2.36. The van der Waals surface area contributed by atoms with E-state index in [4.69, 9.17) is 0 Å². The third-order valence-electron chi connectivity index (χ3n) is 3.42. The lowest BCUT2D eigenvalue weighted by Crippen LogP contribution is -2.09. The minimum Gasteiger partial charge on any atom is -0.478 e. The molecule has 0 aliphatic heterocycles. The number of fused-ring (bicyclic) bond motifs is 1. The Bertz CT molecular complexity index is 821. The third-order valence-corrected chi connectivity index (χ3v) is 3.42. The Labute approximate surface area is 122 Å². The summed E-state index contributed by atoms with van der Waals surface area (Å²) in [7, 11) is 3.93. The Hall–Kier alpha value is -2.82. The molecule has 0 aliphatic rings. The molecule has 1 aromatic heterocycles. The highest BCUT2D eigenvalue weighted by molar-refractivity contribution is 6.01. The number of carboxylic acids is 1. The highest BCUT2D eigenvalue weighted by Crippen LogP contribution is 2.24. The standard InChI is InChI=1S/C16H15N3O2/c1-18(2)11-5-3-6-12(9-11)19-10-17-14-8-4-7-13(15(14)19)16(20)21/h3-10H,1-2H3,(H,20,21). The average Bonchev–Trinajstić information content (AvgIpc) is 2.91. The van der Waals surface area contributed by atoms with Crippen molar-refractivity contribution in [3.05, 3.63) is 54.4 Å². The van der Waals surface area contributed by atoms with Gasteiger partial charge in [-0.15, -0.1) is 0 Å². The molecule has 0 bridgehead atoms. The molecule has 3 aromatic rings. The summed E-state index contributed by atoms with van der Waals surface area (Å²) in [6.45, 7) is 0. The minimum atomic E-state index is -0.953. The predicted molar refractivity (Wildman–Crippen MR) is 82.4 cm³/mol. The molecule has 0 radical (unpaired) electrons. The predicted octanol–water partition coefficient (Wildman–Crippen LogP) is 2.79. The van der Waals surface area contributed by atoms with E-state index in [0.717, 1.165) is 11.4 Å². The van der Waals surface area contributed by atoms with E-state index in [1.807, 2.05) is 53.9 Å². The molecular weight excluding hydrogens is 266 g/mol. The van der Waals surface area contributed by atoms with Crippen LogP contribution in [0.2, 0.25) is 0 Å². The van der Waals surface area contributed by atoms with Crippen LogP contribution in [0.5, 0.6) is 0 Å². The van der Waals surface area contributed by atoms with E-state index < -0.39 is 5.97 Å². The number of imidazole rings is 1. The first kappa shape index (κ1) is 13.2. The molecule has 5 nitrogen and oxygen atoms in total. The van der Waals surface area contributed by atoms with E-state index >= 15 is 0 Å². The van der Waals surface area contributed by atoms with Crippen molar-refractivity contribution in [1.29, 1.82) is 0 Å². The maximum Gasteiger partial charge on any atom is 0.337 e. The molecule has 0 fully saturated rings. The lowest BCUT2D eigenvalue weighted by molar-refractivity contribution is 0.0698. The molecular formula is C16H15N3O2. The number of carbonyl (C=O) groups is 1. The van der Waals surface area contributed by atoms with Crippen LogP contribution in [-0.4, -0.2) is 34.7 Å². The van der Waals surface area contributed by atoms with Gasteiger partial charge in [-0.3, -0.25) is 4.57 Å². The Morgan fingerprint density at radius 3 is 2.67 bits per heavy atom. The summed E-state index contributed by atoms with van der Waals surface area (Å²) in [6.07, 6.45) is 1.66. The van der Waals surface area contributed by atoms with Gasteiger partial charge in [-0.2, -0.15) is 0 Å². The quantitative estimate of drug-likeness (QED) is 0.802. The number of rotatable bonds is 3. The molecule has 0 spiro atoms. The van der Waals surface area contributed by atoms with Gasteiger partial charge in [-0.05, 0) is 30.3 Å². The average molecular weight is 281 g/mol. The summed E-state index contributed by atoms with van der Waals surface area (Å²) in [5.41, 5.74) is 3.46. The number of aromatic nitrogens is 2. The molecule has 0 atom stereocenters. The maximum atomic E-state index is 11.4. The van der Waals surface area contributed by atoms with Crippen LogP contribution in [0.25, 0.3) is 16.7 Å². The maximum absolute atomic E-state index is 11.4. The second-order valence-electron chi connectivity index (χ2n) is 5.01. The number of para-hydroxylation sites is 1. The Morgan fingerprint density at radius 1 is 1.19 bits per heavy atom. The van der Waals surface area contributed by atoms with Gasteiger partial charge >= 0.3 is 5.97 Å². The van der Waals surface area contributed by atoms with Gasteiger partial charge < -0.3 is 10.0 Å². The highest BCUT2D eigenvalue weighted by atomic mass is 16.4. The van der Waals surface area contributed by atoms with Crippen molar-refractivity contribution in [3.8, 4) is 5.69 Å². The zero-order chi connectivity index (χ0) is 15.0. The molecule has 5 heteroatoms. The van der Waals surface area contributed by atoms with Crippen LogP contribution < -0.4 is 4.90 Å². The van der Waals surface area contributed by atoms with Gasteiger partial charge in [0.05, 0.1) is 16.6 Å². The fraction of sp³-hybridized carbons (Fsp3) is 0.125. The fourth-order valence-electron chi connectivity index (χ4n) is 2.36. The molecule has 21 heavy (non-hydrogen) atoms. The first-order valence-electron chi connectivity index (χ1n) is 6.55. The first-order chi connectivity index (χ1) is 10.1. The second-order valence-corrected chi connectivity index (χ2v) is 5.01. The smallest absolute Gasteiger partial charge is 0.337 e. The molecule has 2 aromatic carbocycles. The largest absolute Gasteiger partial charge is 0.478 e. The van der Waals surface area contributed by atoms with E-state index in [2.05, 4.69) is 4.98 Å². The van der Waals surface area contributed by atoms with Gasteiger partial charge in [0, 0.05) is 25.5 Å². The van der Waals surface area contributed by atoms with Crippen molar-refractivity contribution >= 4 is 22.7 Å². The van der Waals surface area contributed by atoms with E-state index in [1.165, 1.54) is 0 Å². The molecule has 0 aliphatic carbocycles. The van der Waals surface area contributed by atoms with Gasteiger partial charge in [0.1, 0.15) is 6.33 Å². The molecule has 1 heterocycles. The van der Waals surface area contributed by atoms with Crippen molar-refractivity contribution in [3.63, 3.8) is 0 Å². The molecule has 0 saturated heterocycles. The second kappa shape index (κ2) is 4.94. The summed E-state index contributed by atoms with van der Waals surface area (Å²) < 4.78 is 1.81. The van der Waals surface area contributed by atoms with Crippen LogP contribution in [0.15, 0.2) is 48.8 Å². The van der Waals surface area contributed by atoms with Crippen molar-refractivity contribution < 1.29 is 9.90 Å². The summed E-state index contributed by atoms with van der Waals surface area (Å²) in [5, 5.41) is 9.37. The Balaban J connectivity index is 2.26. The van der Waals surface area contributed by atoms with Crippen LogP contribution in [0.3, 0.4) is 0 Å². The number of hydrogen-bond donors (Lipinski definition) is 1. The topological polar surface area (TPSA) is 58.4 Å². The highest BCUT2D eigenvalue weighted by Gasteiger charge is 2.14. The lowest BCUT2D eigenvalue weighted by Gasteiger charge is -2.14. The normalized spacial score (nSPS) is 10.8. The third kappa shape index (κ3) is 2.23. The Morgan fingerprint density at radius 2 is 1.95 bits per heavy atom. The van der Waals surface area contributed by atoms with E-state index in [1.54, 1.807) is 18.5 Å². The molecule has 3 rings (SSSR count). The number of carboxylic acid groups (broad SMARTS) is 1. The van der Waals surface area contributed by atoms with Gasteiger partial charge in [0.25, 0.3) is 0 Å². The number of nitrogens with zero attached hydrogens (tertiary/aromatic N) is 3. The van der Waals surface area contributed by atoms with E-state index in [-0.39, 0.29) is 5.56 Å². The van der Waals surface area contributed by atoms with Gasteiger partial charge in [-0.1, -0.05) is 12.1 Å². The van der Waals surface area contributed by atoms with Crippen molar-refractivity contribution in [2.45, 2.75) is 0 Å². The number of anilines is 1. The Kier molecular flexibility index (Phi) is 3.10. The summed E-state index contributed by atoms with van der Waals surface area (Å²) >= 11 is 0. The van der Waals surface area contributed by atoms with Gasteiger partial charge in [-0.25, -0.2) is 9.78 Å². The van der Waals surface area contributed by atoms with Crippen molar-refractivity contribution in [1.82, 2.24) is 9.55 Å². The molecule has 0 unspecified atom stereocenters. The SMILES string of the molecule is CN(C)c1cccc(-n2cnc3cccc(C(=O)O)c32)c1. The zero-order valence-corrected chi connectivity index (χ0v) is 11.8. The van der Waals surface area contributed by atoms with Crippen LogP contribution >= 0.6 is 0 Å². The summed E-state index contributed by atoms with van der Waals surface area (Å²) in [6, 6.07) is 13.0. The number of benzene rings is 2. The van der Waals surface area contributed by atoms with Crippen LogP contribution in [0, 0.1) is 0 Å². The number of hydrogen-bond acceptors (Lipinski definition) is 3. The van der Waals surface area contributed by atoms with Crippen LogP contribution in [0.1, 0.15) is 10.4 Å². The van der Waals surface area contributed by atoms with Gasteiger partial charge in [0.2, 0.25) is 0 Å². The zero-order valence-electron chi connectivity index (χ0n) is 11.8. The summed E-state index contributed by atoms with van der Waals surface area (Å²) in [4.78, 5) is 17.7. The lowest BCUT2D eigenvalue weighted by atomic mass is 10.1. The van der Waals surface area contributed by atoms with Crippen molar-refractivity contribution in [2.24, 2.45) is 0 Å². The molecule has 0 saturated carbocycles. The monoisotopic (exact) mass is 281 g/mol. The molecule has 106 valence electrons. The van der Waals surface area contributed by atoms with Gasteiger partial charge in [0.15, 0.2) is 0 Å². The van der Waals surface area contributed by atoms with E-state index in [9.17, 15) is 9.90 Å². The van der Waals surface area contributed by atoms with Crippen molar-refractivity contribution in [2.75, 3.05) is 19.0 Å². The van der Waals surface area contributed by atoms with Crippen LogP contribution in [0.4, 0.5) is 5.69 Å². The number of aromatic carboxylic acids is 1.